The molecule has 5 aromatic heterocycles. The number of imidazole rings is 1. The second-order valence-electron chi connectivity index (χ2n) is 10.8. The van der Waals surface area contributed by atoms with Gasteiger partial charge in [-0.25, -0.2) is 24.6 Å². The van der Waals surface area contributed by atoms with Gasteiger partial charge in [0.05, 0.1) is 12.7 Å². The Morgan fingerprint density at radius 2 is 1.79 bits per heavy atom. The summed E-state index contributed by atoms with van der Waals surface area (Å²) in [4.78, 5) is 18.7. The number of aromatic nitrogens is 7. The fourth-order valence-corrected chi connectivity index (χ4v) is 6.42. The topological polar surface area (TPSA) is 122 Å². The molecule has 8 rings (SSSR count). The highest BCUT2D eigenvalue weighted by Gasteiger charge is 2.30. The molecular weight excluding hydrogens is 526 g/mol. The Hall–Kier alpha value is -5.09. The van der Waals surface area contributed by atoms with E-state index in [9.17, 15) is 0 Å². The summed E-state index contributed by atoms with van der Waals surface area (Å²) in [5, 5.41) is 8.32. The highest BCUT2D eigenvalue weighted by Crippen LogP contribution is 2.40. The van der Waals surface area contributed by atoms with E-state index in [-0.39, 0.29) is 12.1 Å². The third-order valence-corrected chi connectivity index (χ3v) is 8.46. The summed E-state index contributed by atoms with van der Waals surface area (Å²) in [5.41, 5.74) is 14.9. The Bertz CT molecular complexity index is 1950. The molecule has 6 aromatic rings. The number of pyridine rings is 3. The molecule has 5 heterocycles. The molecule has 208 valence electrons. The Morgan fingerprint density at radius 3 is 2.62 bits per heavy atom. The van der Waals surface area contributed by atoms with Crippen LogP contribution in [-0.2, 0) is 12.8 Å². The van der Waals surface area contributed by atoms with Gasteiger partial charge < -0.3 is 15.8 Å². The molecule has 0 fully saturated rings. The van der Waals surface area contributed by atoms with Crippen LogP contribution in [0.5, 0.6) is 5.88 Å². The zero-order chi connectivity index (χ0) is 28.2. The zero-order valence-electron chi connectivity index (χ0n) is 23.1. The van der Waals surface area contributed by atoms with Crippen LogP contribution in [0.15, 0.2) is 79.4 Å². The average Bonchev–Trinajstić information content (AvgIpc) is 3.83. The molecule has 3 N–H and O–H groups in total. The van der Waals surface area contributed by atoms with Crippen LogP contribution in [0.1, 0.15) is 47.2 Å². The van der Waals surface area contributed by atoms with Crippen molar-refractivity contribution >= 4 is 17.0 Å². The van der Waals surface area contributed by atoms with E-state index in [1.54, 1.807) is 24.2 Å². The van der Waals surface area contributed by atoms with Crippen LogP contribution in [0.25, 0.3) is 34.1 Å². The number of nitrogen functional groups attached to an aromatic ring is 1. The minimum absolute atomic E-state index is 0.279. The fraction of sp³-hybridized carbons (Fsp3) is 0.219. The van der Waals surface area contributed by atoms with E-state index in [1.807, 2.05) is 42.7 Å². The van der Waals surface area contributed by atoms with Gasteiger partial charge in [0.1, 0.15) is 11.3 Å². The predicted molar refractivity (Wildman–Crippen MR) is 160 cm³/mol. The first kappa shape index (κ1) is 24.7. The Labute approximate surface area is 242 Å². The first-order chi connectivity index (χ1) is 20.7. The number of methoxy groups -OCH3 is 1. The lowest BCUT2D eigenvalue weighted by molar-refractivity contribution is 0.395. The van der Waals surface area contributed by atoms with E-state index in [4.69, 9.17) is 20.4 Å². The number of hydrogen-bond donors (Lipinski definition) is 2. The number of nitrogens with one attached hydrogen (secondary N) is 1. The molecule has 10 heteroatoms. The molecule has 42 heavy (non-hydrogen) atoms. The number of nitrogens with two attached hydrogens (primary N) is 1. The number of fused-ring (bicyclic) bond motifs is 3. The van der Waals surface area contributed by atoms with E-state index < -0.39 is 0 Å². The molecule has 1 unspecified atom stereocenters. The molecule has 0 saturated heterocycles. The van der Waals surface area contributed by atoms with Crippen molar-refractivity contribution in [2.45, 2.75) is 37.8 Å². The lowest BCUT2D eigenvalue weighted by atomic mass is 10.0. The van der Waals surface area contributed by atoms with Crippen molar-refractivity contribution in [1.82, 2.24) is 39.6 Å². The maximum absolute atomic E-state index is 6.35. The monoisotopic (exact) mass is 555 g/mol. The van der Waals surface area contributed by atoms with Gasteiger partial charge in [-0.3, -0.25) is 4.57 Å². The molecule has 1 aromatic carbocycles. The van der Waals surface area contributed by atoms with Crippen molar-refractivity contribution in [3.8, 4) is 28.8 Å². The summed E-state index contributed by atoms with van der Waals surface area (Å²) in [6.45, 7) is 0. The maximum atomic E-state index is 6.35. The van der Waals surface area contributed by atoms with Gasteiger partial charge in [-0.15, -0.1) is 0 Å². The van der Waals surface area contributed by atoms with Gasteiger partial charge >= 0.3 is 0 Å². The highest BCUT2D eigenvalue weighted by molar-refractivity contribution is 5.83. The molecule has 10 nitrogen and oxygen atoms in total. The molecule has 0 amide bonds. The van der Waals surface area contributed by atoms with Gasteiger partial charge in [0, 0.05) is 48.6 Å². The largest absolute Gasteiger partial charge is 0.481 e. The molecule has 0 saturated carbocycles. The standard InChI is InChI=1S/C32H29N9O/c1-42-29-17-24-20(18-35-29)6-10-26(24)37-25-9-5-19-16-21(7-8-22(19)25)41-31(23-4-2-13-34-30(23)33)38-27-11-12-28(39-32(27)41)40-15-3-14-36-40/h2-4,7-8,11-18,25-26,37H,5-6,9-10H2,1H3,(H2,33,34)/t25-,26?/m0/s1. The quantitative estimate of drug-likeness (QED) is 0.297. The molecule has 2 atom stereocenters. The summed E-state index contributed by atoms with van der Waals surface area (Å²) >= 11 is 0. The van der Waals surface area contributed by atoms with E-state index in [0.29, 0.717) is 23.3 Å². The van der Waals surface area contributed by atoms with Gasteiger partial charge in [-0.05, 0) is 90.4 Å². The number of nitrogens with zero attached hydrogens (tertiary/aromatic N) is 7. The number of aryl methyl sites for hydroxylation is 2. The van der Waals surface area contributed by atoms with E-state index in [1.165, 1.54) is 22.3 Å². The summed E-state index contributed by atoms with van der Waals surface area (Å²) in [7, 11) is 1.67. The normalized spacial score (nSPS) is 17.5. The summed E-state index contributed by atoms with van der Waals surface area (Å²) in [6, 6.07) is 18.9. The van der Waals surface area contributed by atoms with Gasteiger partial charge in [0.2, 0.25) is 5.88 Å². The average molecular weight is 556 g/mol. The summed E-state index contributed by atoms with van der Waals surface area (Å²) in [5.74, 6) is 2.52. The molecule has 2 aliphatic carbocycles. The molecule has 0 spiro atoms. The van der Waals surface area contributed by atoms with E-state index in [2.05, 4.69) is 49.2 Å². The summed E-state index contributed by atoms with van der Waals surface area (Å²) < 4.78 is 9.24. The number of hydrogen-bond acceptors (Lipinski definition) is 8. The summed E-state index contributed by atoms with van der Waals surface area (Å²) in [6.07, 6.45) is 11.4. The third kappa shape index (κ3) is 4.02. The molecule has 0 radical (unpaired) electrons. The van der Waals surface area contributed by atoms with Crippen LogP contribution in [0.2, 0.25) is 0 Å². The second kappa shape index (κ2) is 9.78. The van der Waals surface area contributed by atoms with Crippen molar-refractivity contribution in [3.05, 3.63) is 102 Å². The zero-order valence-corrected chi connectivity index (χ0v) is 23.1. The van der Waals surface area contributed by atoms with Crippen molar-refractivity contribution in [2.24, 2.45) is 0 Å². The lowest BCUT2D eigenvalue weighted by Gasteiger charge is -2.21. The first-order valence-electron chi connectivity index (χ1n) is 14.2. The first-order valence-corrected chi connectivity index (χ1v) is 14.2. The number of anilines is 1. The molecule has 2 aliphatic rings. The SMILES string of the molecule is COc1cc2c(cn1)CCC2N[C@H]1CCc2cc(-n3c(-c4cccnc4N)nc4ccc(-n5cccn5)nc43)ccc21. The smallest absolute Gasteiger partial charge is 0.213 e. The van der Waals surface area contributed by atoms with E-state index >= 15 is 0 Å². The van der Waals surface area contributed by atoms with Crippen LogP contribution in [0.3, 0.4) is 0 Å². The number of benzene rings is 1. The Balaban J connectivity index is 1.19. The van der Waals surface area contributed by atoms with Gasteiger partial charge in [-0.1, -0.05) is 6.07 Å². The van der Waals surface area contributed by atoms with Crippen LogP contribution in [0, 0.1) is 0 Å². The van der Waals surface area contributed by atoms with E-state index in [0.717, 1.165) is 48.1 Å². The molecular formula is C32H29N9O. The van der Waals surface area contributed by atoms with Crippen molar-refractivity contribution in [3.63, 3.8) is 0 Å². The fourth-order valence-electron chi connectivity index (χ4n) is 6.42. The van der Waals surface area contributed by atoms with Crippen molar-refractivity contribution in [2.75, 3.05) is 12.8 Å². The third-order valence-electron chi connectivity index (χ3n) is 8.46. The van der Waals surface area contributed by atoms with Gasteiger partial charge in [0.25, 0.3) is 0 Å². The van der Waals surface area contributed by atoms with Crippen molar-refractivity contribution in [1.29, 1.82) is 0 Å². The molecule has 0 aliphatic heterocycles. The van der Waals surface area contributed by atoms with Crippen LogP contribution in [0.4, 0.5) is 5.82 Å². The minimum atomic E-state index is 0.279. The Morgan fingerprint density at radius 1 is 0.905 bits per heavy atom. The minimum Gasteiger partial charge on any atom is -0.481 e. The van der Waals surface area contributed by atoms with Crippen LogP contribution >= 0.6 is 0 Å². The van der Waals surface area contributed by atoms with Crippen molar-refractivity contribution < 1.29 is 4.74 Å². The maximum Gasteiger partial charge on any atom is 0.213 e. The molecule has 0 bridgehead atoms. The van der Waals surface area contributed by atoms with Gasteiger partial charge in [-0.2, -0.15) is 5.10 Å². The van der Waals surface area contributed by atoms with Crippen LogP contribution in [-0.4, -0.2) is 41.4 Å². The highest BCUT2D eigenvalue weighted by atomic mass is 16.5. The number of rotatable bonds is 6. The Kier molecular flexibility index (Phi) is 5.75. The van der Waals surface area contributed by atoms with Gasteiger partial charge in [0.15, 0.2) is 17.3 Å². The second-order valence-corrected chi connectivity index (χ2v) is 10.8. The predicted octanol–water partition coefficient (Wildman–Crippen LogP) is 4.92. The van der Waals surface area contributed by atoms with Crippen LogP contribution < -0.4 is 15.8 Å². The number of ether oxygens (including phenoxy) is 1. The lowest BCUT2D eigenvalue weighted by Crippen LogP contribution is -2.23.